The molecule has 0 saturated heterocycles. The first-order valence-electron chi connectivity index (χ1n) is 3.79. The van der Waals surface area contributed by atoms with Gasteiger partial charge in [-0.3, -0.25) is 0 Å². The van der Waals surface area contributed by atoms with E-state index in [9.17, 15) is 13.6 Å². The van der Waals surface area contributed by atoms with Crippen molar-refractivity contribution in [3.8, 4) is 0 Å². The van der Waals surface area contributed by atoms with Crippen molar-refractivity contribution in [2.24, 2.45) is 0 Å². The van der Waals surface area contributed by atoms with Gasteiger partial charge >= 0.3 is 5.97 Å². The Labute approximate surface area is 75.0 Å². The highest BCUT2D eigenvalue weighted by Crippen LogP contribution is 2.24. The Hall–Kier alpha value is -0.970. The maximum atomic E-state index is 12.8. The zero-order chi connectivity index (χ0) is 10.5. The van der Waals surface area contributed by atoms with Crippen molar-refractivity contribution in [1.82, 2.24) is 0 Å². The van der Waals surface area contributed by atoms with Crippen LogP contribution in [0.4, 0.5) is 8.78 Å². The van der Waals surface area contributed by atoms with E-state index in [0.717, 1.165) is 6.08 Å². The fraction of sp³-hybridized carbons (Fsp3) is 0.625. The van der Waals surface area contributed by atoms with Gasteiger partial charge in [-0.15, -0.1) is 6.58 Å². The molecule has 13 heavy (non-hydrogen) atoms. The minimum Gasteiger partial charge on any atom is -0.464 e. The summed E-state index contributed by atoms with van der Waals surface area (Å²) in [5.41, 5.74) is 0. The maximum Gasteiger partial charge on any atom is 0.341 e. The average Bonchev–Trinajstić information content (AvgIpc) is 2.03. The maximum absolute atomic E-state index is 12.8. The normalized spacial score (nSPS) is 13.5. The zero-order valence-electron chi connectivity index (χ0n) is 7.30. The van der Waals surface area contributed by atoms with Crippen LogP contribution < -0.4 is 0 Å². The number of aliphatic hydroxyl groups excluding tert-OH is 1. The lowest BCUT2D eigenvalue weighted by Crippen LogP contribution is -2.40. The van der Waals surface area contributed by atoms with Crippen LogP contribution in [0.15, 0.2) is 12.7 Å². The summed E-state index contributed by atoms with van der Waals surface area (Å²) in [7, 11) is 0. The van der Waals surface area contributed by atoms with Crippen molar-refractivity contribution < 1.29 is 23.4 Å². The number of aliphatic hydroxyl groups is 1. The van der Waals surface area contributed by atoms with Crippen molar-refractivity contribution >= 4 is 5.97 Å². The number of rotatable bonds is 5. The molecule has 0 aromatic rings. The predicted octanol–water partition coefficient (Wildman–Crippen LogP) is 1.12. The summed E-state index contributed by atoms with van der Waals surface area (Å²) in [6.07, 6.45) is -2.24. The molecule has 0 aliphatic rings. The Morgan fingerprint density at radius 3 is 2.69 bits per heavy atom. The van der Waals surface area contributed by atoms with Crippen LogP contribution >= 0.6 is 0 Å². The van der Waals surface area contributed by atoms with E-state index >= 15 is 0 Å². The SMILES string of the molecule is C=CCC(F)(F)C(O)C(=O)OCC. The first-order chi connectivity index (χ1) is 5.95. The van der Waals surface area contributed by atoms with E-state index in [4.69, 9.17) is 5.11 Å². The largest absolute Gasteiger partial charge is 0.464 e. The molecule has 0 amide bonds. The Balaban J connectivity index is 4.29. The third-order valence-corrected chi connectivity index (χ3v) is 1.33. The Morgan fingerprint density at radius 2 is 2.31 bits per heavy atom. The molecule has 0 fully saturated rings. The van der Waals surface area contributed by atoms with Gasteiger partial charge < -0.3 is 9.84 Å². The Morgan fingerprint density at radius 1 is 1.77 bits per heavy atom. The molecule has 0 aromatic carbocycles. The highest BCUT2D eigenvalue weighted by atomic mass is 19.3. The van der Waals surface area contributed by atoms with E-state index in [0.29, 0.717) is 0 Å². The molecule has 0 spiro atoms. The van der Waals surface area contributed by atoms with Crippen LogP contribution in [0.3, 0.4) is 0 Å². The van der Waals surface area contributed by atoms with E-state index in [1.807, 2.05) is 0 Å². The van der Waals surface area contributed by atoms with Crippen molar-refractivity contribution in [3.05, 3.63) is 12.7 Å². The highest BCUT2D eigenvalue weighted by molar-refractivity contribution is 5.75. The molecule has 3 nitrogen and oxygen atoms in total. The van der Waals surface area contributed by atoms with Gasteiger partial charge in [-0.25, -0.2) is 13.6 Å². The summed E-state index contributed by atoms with van der Waals surface area (Å²) in [5, 5.41) is 8.84. The monoisotopic (exact) mass is 194 g/mol. The highest BCUT2D eigenvalue weighted by Gasteiger charge is 2.42. The topological polar surface area (TPSA) is 46.5 Å². The summed E-state index contributed by atoms with van der Waals surface area (Å²) in [5.74, 6) is -4.82. The molecular formula is C8H12F2O3. The van der Waals surface area contributed by atoms with Gasteiger partial charge in [0, 0.05) is 6.42 Å². The number of carbonyl (C=O) groups is 1. The molecule has 0 bridgehead atoms. The second kappa shape index (κ2) is 4.91. The van der Waals surface area contributed by atoms with Gasteiger partial charge in [0.05, 0.1) is 6.61 Å². The fourth-order valence-corrected chi connectivity index (χ4v) is 0.698. The molecule has 0 heterocycles. The first-order valence-corrected chi connectivity index (χ1v) is 3.79. The van der Waals surface area contributed by atoms with Gasteiger partial charge in [-0.1, -0.05) is 6.08 Å². The smallest absolute Gasteiger partial charge is 0.341 e. The fourth-order valence-electron chi connectivity index (χ4n) is 0.698. The van der Waals surface area contributed by atoms with Crippen LogP contribution in [0.25, 0.3) is 0 Å². The van der Waals surface area contributed by atoms with Gasteiger partial charge in [0.2, 0.25) is 6.10 Å². The molecule has 1 N–H and O–H groups in total. The minimum absolute atomic E-state index is 0.0416. The number of carbonyl (C=O) groups excluding carboxylic acids is 1. The van der Waals surface area contributed by atoms with Crippen LogP contribution in [0.1, 0.15) is 13.3 Å². The summed E-state index contributed by atoms with van der Waals surface area (Å²) >= 11 is 0. The number of hydrogen-bond acceptors (Lipinski definition) is 3. The van der Waals surface area contributed by atoms with Crippen molar-refractivity contribution in [1.29, 1.82) is 0 Å². The van der Waals surface area contributed by atoms with Gasteiger partial charge in [-0.2, -0.15) is 0 Å². The first kappa shape index (κ1) is 12.0. The van der Waals surface area contributed by atoms with E-state index in [1.165, 1.54) is 6.92 Å². The van der Waals surface area contributed by atoms with E-state index in [1.54, 1.807) is 0 Å². The molecule has 1 unspecified atom stereocenters. The van der Waals surface area contributed by atoms with Crippen molar-refractivity contribution in [2.75, 3.05) is 6.61 Å². The molecule has 76 valence electrons. The van der Waals surface area contributed by atoms with Crippen LogP contribution in [-0.2, 0) is 9.53 Å². The van der Waals surface area contributed by atoms with Crippen LogP contribution in [0.5, 0.6) is 0 Å². The van der Waals surface area contributed by atoms with Crippen LogP contribution in [0, 0.1) is 0 Å². The number of halogens is 2. The number of esters is 1. The molecule has 1 atom stereocenters. The standard InChI is InChI=1S/C8H12F2O3/c1-3-5-8(9,10)6(11)7(12)13-4-2/h3,6,11H,1,4-5H2,2H3. The van der Waals surface area contributed by atoms with E-state index < -0.39 is 24.4 Å². The predicted molar refractivity (Wildman–Crippen MR) is 42.4 cm³/mol. The van der Waals surface area contributed by atoms with Crippen LogP contribution in [-0.4, -0.2) is 29.7 Å². The number of alkyl halides is 2. The van der Waals surface area contributed by atoms with Crippen molar-refractivity contribution in [2.45, 2.75) is 25.4 Å². The minimum atomic E-state index is -3.51. The molecule has 0 rings (SSSR count). The van der Waals surface area contributed by atoms with E-state index in [2.05, 4.69) is 11.3 Å². The number of allylic oxidation sites excluding steroid dienone is 1. The quantitative estimate of drug-likeness (QED) is 0.527. The molecule has 0 radical (unpaired) electrons. The average molecular weight is 194 g/mol. The van der Waals surface area contributed by atoms with Crippen LogP contribution in [0.2, 0.25) is 0 Å². The van der Waals surface area contributed by atoms with Gasteiger partial charge in [0.1, 0.15) is 0 Å². The summed E-state index contributed by atoms with van der Waals surface area (Å²) in [6.45, 7) is 4.52. The van der Waals surface area contributed by atoms with Gasteiger partial charge in [0.25, 0.3) is 5.92 Å². The second-order valence-corrected chi connectivity index (χ2v) is 2.41. The zero-order valence-corrected chi connectivity index (χ0v) is 7.30. The summed E-state index contributed by atoms with van der Waals surface area (Å²) < 4.78 is 29.8. The molecule has 0 aliphatic heterocycles. The van der Waals surface area contributed by atoms with Crippen molar-refractivity contribution in [3.63, 3.8) is 0 Å². The Kier molecular flexibility index (Phi) is 4.55. The summed E-state index contributed by atoms with van der Waals surface area (Å²) in [6, 6.07) is 0. The molecule has 0 aliphatic carbocycles. The molecule has 0 saturated carbocycles. The third-order valence-electron chi connectivity index (χ3n) is 1.33. The lowest BCUT2D eigenvalue weighted by atomic mass is 10.1. The lowest BCUT2D eigenvalue weighted by Gasteiger charge is -2.19. The summed E-state index contributed by atoms with van der Waals surface area (Å²) in [4.78, 5) is 10.7. The molecular weight excluding hydrogens is 182 g/mol. The Bertz CT molecular complexity index is 192. The molecule has 0 aromatic heterocycles. The third kappa shape index (κ3) is 3.50. The van der Waals surface area contributed by atoms with Gasteiger partial charge in [0.15, 0.2) is 0 Å². The van der Waals surface area contributed by atoms with E-state index in [-0.39, 0.29) is 6.61 Å². The lowest BCUT2D eigenvalue weighted by molar-refractivity contribution is -0.175. The number of hydrogen-bond donors (Lipinski definition) is 1. The van der Waals surface area contributed by atoms with Gasteiger partial charge in [-0.05, 0) is 6.92 Å². The number of ether oxygens (including phenoxy) is 1. The second-order valence-electron chi connectivity index (χ2n) is 2.41. The molecule has 5 heteroatoms.